The lowest BCUT2D eigenvalue weighted by Crippen LogP contribution is -2.30. The van der Waals surface area contributed by atoms with Crippen molar-refractivity contribution in [2.45, 2.75) is 31.6 Å². The highest BCUT2D eigenvalue weighted by Gasteiger charge is 2.33. The maximum Gasteiger partial charge on any atom is 0.255 e. The Hall–Kier alpha value is -1.88. The van der Waals surface area contributed by atoms with Crippen molar-refractivity contribution in [1.29, 1.82) is 0 Å². The van der Waals surface area contributed by atoms with E-state index in [0.717, 1.165) is 17.4 Å². The second kappa shape index (κ2) is 6.79. The van der Waals surface area contributed by atoms with Gasteiger partial charge in [0.25, 0.3) is 5.91 Å². The maximum absolute atomic E-state index is 14.1. The van der Waals surface area contributed by atoms with E-state index in [0.29, 0.717) is 17.7 Å². The highest BCUT2D eigenvalue weighted by atomic mass is 32.2. The number of rotatable bonds is 2. The number of hydrogen-bond acceptors (Lipinski definition) is 2. The number of amides is 1. The molecule has 2 nitrogen and oxygen atoms in total. The van der Waals surface area contributed by atoms with Gasteiger partial charge in [0.05, 0.1) is 0 Å². The van der Waals surface area contributed by atoms with Gasteiger partial charge in [-0.15, -0.1) is 11.8 Å². The van der Waals surface area contributed by atoms with Crippen molar-refractivity contribution in [2.75, 3.05) is 12.3 Å². The van der Waals surface area contributed by atoms with E-state index in [4.69, 9.17) is 0 Å². The Morgan fingerprint density at radius 3 is 2.40 bits per heavy atom. The van der Waals surface area contributed by atoms with Crippen LogP contribution in [0.1, 0.15) is 47.6 Å². The SMILES string of the molecule is CC(C)(C)c1ccc(C(=O)N2CCSC2c2ccc(F)cc2F)cc1. The summed E-state index contributed by atoms with van der Waals surface area (Å²) < 4.78 is 27.3. The molecule has 0 aliphatic carbocycles. The van der Waals surface area contributed by atoms with E-state index in [-0.39, 0.29) is 11.3 Å². The number of benzene rings is 2. The second-order valence-electron chi connectivity index (χ2n) is 7.21. The van der Waals surface area contributed by atoms with Gasteiger partial charge in [-0.3, -0.25) is 4.79 Å². The summed E-state index contributed by atoms with van der Waals surface area (Å²) >= 11 is 1.50. The van der Waals surface area contributed by atoms with Crippen molar-refractivity contribution >= 4 is 17.7 Å². The summed E-state index contributed by atoms with van der Waals surface area (Å²) in [6.07, 6.45) is 0. The van der Waals surface area contributed by atoms with Gasteiger partial charge in [0, 0.05) is 29.5 Å². The number of hydrogen-bond donors (Lipinski definition) is 0. The molecule has 0 N–H and O–H groups in total. The molecule has 0 spiro atoms. The molecule has 0 radical (unpaired) electrons. The Morgan fingerprint density at radius 1 is 1.12 bits per heavy atom. The highest BCUT2D eigenvalue weighted by Crippen LogP contribution is 2.40. The van der Waals surface area contributed by atoms with E-state index in [1.54, 1.807) is 4.90 Å². The molecule has 0 aromatic heterocycles. The smallest absolute Gasteiger partial charge is 0.255 e. The molecule has 25 heavy (non-hydrogen) atoms. The molecule has 1 aliphatic heterocycles. The highest BCUT2D eigenvalue weighted by molar-refractivity contribution is 7.99. The third-order valence-electron chi connectivity index (χ3n) is 4.38. The molecular formula is C20H21F2NOS. The van der Waals surface area contributed by atoms with Crippen molar-refractivity contribution in [2.24, 2.45) is 0 Å². The van der Waals surface area contributed by atoms with Gasteiger partial charge in [-0.2, -0.15) is 0 Å². The molecule has 1 amide bonds. The standard InChI is InChI=1S/C20H21F2NOS/c1-20(2,3)14-6-4-13(5-7-14)18(24)23-10-11-25-19(23)16-9-8-15(21)12-17(16)22/h4-9,12,19H,10-11H2,1-3H3. The lowest BCUT2D eigenvalue weighted by molar-refractivity contribution is 0.0759. The predicted molar refractivity (Wildman–Crippen MR) is 97.7 cm³/mol. The van der Waals surface area contributed by atoms with E-state index in [1.807, 2.05) is 24.3 Å². The number of thioether (sulfide) groups is 1. The minimum atomic E-state index is -0.611. The van der Waals surface area contributed by atoms with Crippen molar-refractivity contribution in [3.05, 3.63) is 70.8 Å². The zero-order valence-corrected chi connectivity index (χ0v) is 15.4. The molecule has 1 saturated heterocycles. The summed E-state index contributed by atoms with van der Waals surface area (Å²) in [5.41, 5.74) is 2.11. The fraction of sp³-hybridized carbons (Fsp3) is 0.350. The second-order valence-corrected chi connectivity index (χ2v) is 8.40. The minimum Gasteiger partial charge on any atom is -0.322 e. The van der Waals surface area contributed by atoms with Gasteiger partial charge in [0.1, 0.15) is 17.0 Å². The van der Waals surface area contributed by atoms with E-state index in [9.17, 15) is 13.6 Å². The van der Waals surface area contributed by atoms with E-state index in [1.165, 1.54) is 23.9 Å². The molecule has 3 rings (SSSR count). The summed E-state index contributed by atoms with van der Waals surface area (Å²) in [5.74, 6) is -0.618. The van der Waals surface area contributed by atoms with Crippen LogP contribution in [-0.2, 0) is 5.41 Å². The van der Waals surface area contributed by atoms with Gasteiger partial charge in [-0.05, 0) is 29.2 Å². The van der Waals surface area contributed by atoms with Crippen LogP contribution in [0.3, 0.4) is 0 Å². The van der Waals surface area contributed by atoms with Gasteiger partial charge in [-0.25, -0.2) is 8.78 Å². The fourth-order valence-electron chi connectivity index (χ4n) is 2.92. The molecule has 1 heterocycles. The molecule has 2 aromatic rings. The first-order valence-corrected chi connectivity index (χ1v) is 9.30. The summed E-state index contributed by atoms with van der Waals surface area (Å²) in [4.78, 5) is 14.5. The lowest BCUT2D eigenvalue weighted by Gasteiger charge is -2.25. The van der Waals surface area contributed by atoms with Crippen LogP contribution in [0.2, 0.25) is 0 Å². The minimum absolute atomic E-state index is 0.0187. The monoisotopic (exact) mass is 361 g/mol. The van der Waals surface area contributed by atoms with Crippen LogP contribution in [-0.4, -0.2) is 23.1 Å². The van der Waals surface area contributed by atoms with E-state index in [2.05, 4.69) is 20.8 Å². The summed E-state index contributed by atoms with van der Waals surface area (Å²) in [7, 11) is 0. The van der Waals surface area contributed by atoms with Crippen molar-refractivity contribution in [3.8, 4) is 0 Å². The van der Waals surface area contributed by atoms with Crippen LogP contribution in [0, 0.1) is 11.6 Å². The zero-order valence-electron chi connectivity index (χ0n) is 14.6. The van der Waals surface area contributed by atoms with Gasteiger partial charge in [0.2, 0.25) is 0 Å². The Labute approximate surface area is 151 Å². The Bertz CT molecular complexity index is 783. The van der Waals surface area contributed by atoms with Crippen molar-refractivity contribution in [3.63, 3.8) is 0 Å². The summed E-state index contributed by atoms with van der Waals surface area (Å²) in [6.45, 7) is 6.91. The molecule has 0 saturated carbocycles. The van der Waals surface area contributed by atoms with Crippen molar-refractivity contribution in [1.82, 2.24) is 4.90 Å². The van der Waals surface area contributed by atoms with Crippen LogP contribution < -0.4 is 0 Å². The summed E-state index contributed by atoms with van der Waals surface area (Å²) in [6, 6.07) is 11.1. The molecular weight excluding hydrogens is 340 g/mol. The summed E-state index contributed by atoms with van der Waals surface area (Å²) in [5, 5.41) is -0.421. The molecule has 132 valence electrons. The molecule has 1 unspecified atom stereocenters. The third-order valence-corrected chi connectivity index (χ3v) is 5.62. The lowest BCUT2D eigenvalue weighted by atomic mass is 9.86. The van der Waals surface area contributed by atoms with Crippen molar-refractivity contribution < 1.29 is 13.6 Å². The third kappa shape index (κ3) is 3.71. The average molecular weight is 361 g/mol. The molecule has 2 aromatic carbocycles. The Morgan fingerprint density at radius 2 is 1.80 bits per heavy atom. The number of carbonyl (C=O) groups is 1. The molecule has 5 heteroatoms. The predicted octanol–water partition coefficient (Wildman–Crippen LogP) is 5.15. The van der Waals surface area contributed by atoms with E-state index < -0.39 is 17.0 Å². The maximum atomic E-state index is 14.1. The number of carbonyl (C=O) groups excluding carboxylic acids is 1. The van der Waals surface area contributed by atoms with Crippen LogP contribution >= 0.6 is 11.8 Å². The number of nitrogens with zero attached hydrogens (tertiary/aromatic N) is 1. The van der Waals surface area contributed by atoms with Crippen LogP contribution in [0.4, 0.5) is 8.78 Å². The average Bonchev–Trinajstić information content (AvgIpc) is 3.03. The van der Waals surface area contributed by atoms with Gasteiger partial charge >= 0.3 is 0 Å². The molecule has 1 aliphatic rings. The van der Waals surface area contributed by atoms with Crippen LogP contribution in [0.15, 0.2) is 42.5 Å². The normalized spacial score (nSPS) is 17.8. The van der Waals surface area contributed by atoms with E-state index >= 15 is 0 Å². The van der Waals surface area contributed by atoms with Crippen LogP contribution in [0.25, 0.3) is 0 Å². The first kappa shape index (κ1) is 17.9. The van der Waals surface area contributed by atoms with Crippen LogP contribution in [0.5, 0.6) is 0 Å². The van der Waals surface area contributed by atoms with Gasteiger partial charge < -0.3 is 4.90 Å². The largest absolute Gasteiger partial charge is 0.322 e. The molecule has 1 atom stereocenters. The fourth-order valence-corrected chi connectivity index (χ4v) is 4.19. The zero-order chi connectivity index (χ0) is 18.2. The van der Waals surface area contributed by atoms with Gasteiger partial charge in [-0.1, -0.05) is 39.0 Å². The quantitative estimate of drug-likeness (QED) is 0.737. The Kier molecular flexibility index (Phi) is 4.87. The number of halogens is 2. The first-order chi connectivity index (χ1) is 11.8. The molecule has 0 bridgehead atoms. The first-order valence-electron chi connectivity index (χ1n) is 8.25. The van der Waals surface area contributed by atoms with Gasteiger partial charge in [0.15, 0.2) is 0 Å². The molecule has 1 fully saturated rings. The topological polar surface area (TPSA) is 20.3 Å². The Balaban J connectivity index is 1.86.